The van der Waals surface area contributed by atoms with E-state index in [0.29, 0.717) is 10.8 Å². The number of hydrogen-bond acceptors (Lipinski definition) is 4. The second-order valence-electron chi connectivity index (χ2n) is 6.81. The molecule has 0 saturated carbocycles. The molecule has 0 aromatic heterocycles. The predicted octanol–water partition coefficient (Wildman–Crippen LogP) is 2.93. The van der Waals surface area contributed by atoms with E-state index in [2.05, 4.69) is 22.8 Å². The molecule has 5 heteroatoms. The van der Waals surface area contributed by atoms with E-state index >= 15 is 0 Å². The zero-order chi connectivity index (χ0) is 15.7. The van der Waals surface area contributed by atoms with E-state index in [1.165, 1.54) is 25.5 Å². The minimum Gasteiger partial charge on any atom is -0.371 e. The van der Waals surface area contributed by atoms with Gasteiger partial charge in [0, 0.05) is 38.1 Å². The minimum absolute atomic E-state index is 0.476. The molecule has 0 amide bonds. The van der Waals surface area contributed by atoms with Crippen LogP contribution in [-0.4, -0.2) is 40.9 Å². The smallest absolute Gasteiger partial charge is 0.177 e. The molecular formula is C17H26N2O2S. The molecule has 2 aliphatic rings. The summed E-state index contributed by atoms with van der Waals surface area (Å²) in [6, 6.07) is 5.87. The SMILES string of the molecule is CC1CCCN(c2cc(N3CCCC3)ccc2S(C)(=O)=O)C1. The molecule has 0 radical (unpaired) electrons. The summed E-state index contributed by atoms with van der Waals surface area (Å²) >= 11 is 0. The van der Waals surface area contributed by atoms with Gasteiger partial charge in [-0.25, -0.2) is 8.42 Å². The van der Waals surface area contributed by atoms with Gasteiger partial charge >= 0.3 is 0 Å². The molecule has 0 spiro atoms. The van der Waals surface area contributed by atoms with Gasteiger partial charge in [0.25, 0.3) is 0 Å². The van der Waals surface area contributed by atoms with Crippen molar-refractivity contribution < 1.29 is 8.42 Å². The summed E-state index contributed by atoms with van der Waals surface area (Å²) in [5.41, 5.74) is 2.07. The standard InChI is InChI=1S/C17H26N2O2S/c1-14-6-5-11-19(13-14)16-12-15(18-9-3-4-10-18)7-8-17(16)22(2,20)21/h7-8,12,14H,3-6,9-11,13H2,1-2H3. The van der Waals surface area contributed by atoms with Gasteiger partial charge in [0.05, 0.1) is 10.6 Å². The Balaban J connectivity index is 2.00. The molecule has 22 heavy (non-hydrogen) atoms. The maximum atomic E-state index is 12.2. The normalized spacial score (nSPS) is 23.1. The lowest BCUT2D eigenvalue weighted by Crippen LogP contribution is -2.35. The van der Waals surface area contributed by atoms with E-state index in [9.17, 15) is 8.42 Å². The van der Waals surface area contributed by atoms with Crippen LogP contribution in [0.15, 0.2) is 23.1 Å². The van der Waals surface area contributed by atoms with E-state index in [1.54, 1.807) is 6.07 Å². The van der Waals surface area contributed by atoms with Gasteiger partial charge in [-0.15, -0.1) is 0 Å². The van der Waals surface area contributed by atoms with Gasteiger partial charge in [-0.3, -0.25) is 0 Å². The molecule has 1 aromatic carbocycles. The Kier molecular flexibility index (Phi) is 4.35. The molecule has 2 heterocycles. The van der Waals surface area contributed by atoms with E-state index in [4.69, 9.17) is 0 Å². The molecule has 0 aliphatic carbocycles. The summed E-state index contributed by atoms with van der Waals surface area (Å²) in [7, 11) is -3.20. The van der Waals surface area contributed by atoms with E-state index in [0.717, 1.165) is 44.0 Å². The molecular weight excluding hydrogens is 296 g/mol. The third kappa shape index (κ3) is 3.24. The van der Waals surface area contributed by atoms with Crippen molar-refractivity contribution in [3.63, 3.8) is 0 Å². The third-order valence-corrected chi connectivity index (χ3v) is 5.96. The number of benzene rings is 1. The lowest BCUT2D eigenvalue weighted by molar-refractivity contribution is 0.445. The highest BCUT2D eigenvalue weighted by Gasteiger charge is 2.24. The topological polar surface area (TPSA) is 40.6 Å². The van der Waals surface area contributed by atoms with E-state index < -0.39 is 9.84 Å². The minimum atomic E-state index is -3.20. The number of nitrogens with zero attached hydrogens (tertiary/aromatic N) is 2. The van der Waals surface area contributed by atoms with Gasteiger partial charge in [-0.05, 0) is 49.8 Å². The third-order valence-electron chi connectivity index (χ3n) is 4.81. The van der Waals surface area contributed by atoms with Crippen molar-refractivity contribution in [2.24, 2.45) is 5.92 Å². The monoisotopic (exact) mass is 322 g/mol. The fourth-order valence-corrected chi connectivity index (χ4v) is 4.53. The highest BCUT2D eigenvalue weighted by Crippen LogP contribution is 2.34. The van der Waals surface area contributed by atoms with Crippen molar-refractivity contribution in [3.05, 3.63) is 18.2 Å². The number of sulfone groups is 1. The zero-order valence-electron chi connectivity index (χ0n) is 13.6. The van der Waals surface area contributed by atoms with Crippen LogP contribution >= 0.6 is 0 Å². The van der Waals surface area contributed by atoms with Crippen LogP contribution in [0.4, 0.5) is 11.4 Å². The molecule has 1 atom stereocenters. The maximum Gasteiger partial charge on any atom is 0.177 e. The summed E-state index contributed by atoms with van der Waals surface area (Å²) in [5.74, 6) is 0.622. The van der Waals surface area contributed by atoms with Gasteiger partial charge < -0.3 is 9.80 Å². The van der Waals surface area contributed by atoms with Gasteiger partial charge in [-0.2, -0.15) is 0 Å². The van der Waals surface area contributed by atoms with Crippen LogP contribution in [0.3, 0.4) is 0 Å². The summed E-state index contributed by atoms with van der Waals surface area (Å²) in [5, 5.41) is 0. The number of piperidine rings is 1. The average molecular weight is 322 g/mol. The lowest BCUT2D eigenvalue weighted by atomic mass is 9.99. The summed E-state index contributed by atoms with van der Waals surface area (Å²) in [6.07, 6.45) is 6.14. The number of rotatable bonds is 3. The van der Waals surface area contributed by atoms with Gasteiger partial charge in [0.1, 0.15) is 0 Å². The van der Waals surface area contributed by atoms with Crippen molar-refractivity contribution >= 4 is 21.2 Å². The van der Waals surface area contributed by atoms with Crippen LogP contribution in [0, 0.1) is 5.92 Å². The Morgan fingerprint density at radius 1 is 1.05 bits per heavy atom. The van der Waals surface area contributed by atoms with Crippen LogP contribution in [0.1, 0.15) is 32.6 Å². The highest BCUT2D eigenvalue weighted by atomic mass is 32.2. The summed E-state index contributed by atoms with van der Waals surface area (Å²) in [4.78, 5) is 5.11. The lowest BCUT2D eigenvalue weighted by Gasteiger charge is -2.34. The molecule has 1 unspecified atom stereocenters. The first-order valence-corrected chi connectivity index (χ1v) is 10.2. The quantitative estimate of drug-likeness (QED) is 0.858. The average Bonchev–Trinajstić information content (AvgIpc) is 3.00. The van der Waals surface area contributed by atoms with Gasteiger partial charge in [0.15, 0.2) is 9.84 Å². The highest BCUT2D eigenvalue weighted by molar-refractivity contribution is 7.90. The molecule has 0 bridgehead atoms. The number of hydrogen-bond donors (Lipinski definition) is 0. The van der Waals surface area contributed by atoms with Crippen LogP contribution in [0.25, 0.3) is 0 Å². The van der Waals surface area contributed by atoms with Crippen molar-refractivity contribution in [2.75, 3.05) is 42.2 Å². The molecule has 0 N–H and O–H groups in total. The molecule has 2 aliphatic heterocycles. The molecule has 1 aromatic rings. The Morgan fingerprint density at radius 2 is 1.73 bits per heavy atom. The molecule has 2 fully saturated rings. The first-order chi connectivity index (χ1) is 10.4. The van der Waals surface area contributed by atoms with E-state index in [-0.39, 0.29) is 0 Å². The molecule has 122 valence electrons. The predicted molar refractivity (Wildman–Crippen MR) is 91.6 cm³/mol. The zero-order valence-corrected chi connectivity index (χ0v) is 14.4. The van der Waals surface area contributed by atoms with E-state index in [1.807, 2.05) is 6.07 Å². The van der Waals surface area contributed by atoms with Gasteiger partial charge in [-0.1, -0.05) is 6.92 Å². The fraction of sp³-hybridized carbons (Fsp3) is 0.647. The summed E-state index contributed by atoms with van der Waals surface area (Å²) in [6.45, 7) is 6.31. The van der Waals surface area contributed by atoms with Gasteiger partial charge in [0.2, 0.25) is 0 Å². The summed E-state index contributed by atoms with van der Waals surface area (Å²) < 4.78 is 24.3. The van der Waals surface area contributed by atoms with Crippen molar-refractivity contribution in [2.45, 2.75) is 37.5 Å². The molecule has 4 nitrogen and oxygen atoms in total. The Bertz CT molecular complexity index is 636. The maximum absolute atomic E-state index is 12.2. The first-order valence-electron chi connectivity index (χ1n) is 8.29. The Morgan fingerprint density at radius 3 is 2.36 bits per heavy atom. The van der Waals surface area contributed by atoms with Crippen LogP contribution in [0.5, 0.6) is 0 Å². The van der Waals surface area contributed by atoms with Crippen molar-refractivity contribution in [1.82, 2.24) is 0 Å². The molecule has 3 rings (SSSR count). The van der Waals surface area contributed by atoms with Crippen molar-refractivity contribution in [3.8, 4) is 0 Å². The van der Waals surface area contributed by atoms with Crippen LogP contribution < -0.4 is 9.80 Å². The first kappa shape index (κ1) is 15.7. The fourth-order valence-electron chi connectivity index (χ4n) is 3.65. The molecule has 2 saturated heterocycles. The Hall–Kier alpha value is -1.23. The second kappa shape index (κ2) is 6.11. The van der Waals surface area contributed by atoms with Crippen LogP contribution in [0.2, 0.25) is 0 Å². The largest absolute Gasteiger partial charge is 0.371 e. The van der Waals surface area contributed by atoms with Crippen molar-refractivity contribution in [1.29, 1.82) is 0 Å². The number of anilines is 2. The second-order valence-corrected chi connectivity index (χ2v) is 8.80. The Labute approximate surface area is 134 Å². The van der Waals surface area contributed by atoms with Crippen LogP contribution in [-0.2, 0) is 9.84 Å².